The predicted octanol–water partition coefficient (Wildman–Crippen LogP) is 2.74. The van der Waals surface area contributed by atoms with Gasteiger partial charge in [-0.25, -0.2) is 4.98 Å². The molecule has 1 saturated heterocycles. The van der Waals surface area contributed by atoms with Crippen molar-refractivity contribution in [3.8, 4) is 0 Å². The molecule has 0 saturated carbocycles. The van der Waals surface area contributed by atoms with Gasteiger partial charge in [-0.1, -0.05) is 0 Å². The first-order chi connectivity index (χ1) is 9.91. The number of alkyl halides is 3. The maximum Gasteiger partial charge on any atom is 0.417 e. The molecule has 4 nitrogen and oxygen atoms in total. The summed E-state index contributed by atoms with van der Waals surface area (Å²) in [5, 5.41) is 4.23. The Kier molecular flexibility index (Phi) is 3.35. The van der Waals surface area contributed by atoms with Crippen LogP contribution < -0.4 is 4.90 Å². The summed E-state index contributed by atoms with van der Waals surface area (Å²) in [5.41, 5.74) is 0.408. The van der Waals surface area contributed by atoms with E-state index in [2.05, 4.69) is 10.1 Å². The third kappa shape index (κ3) is 3.01. The number of nitrogens with zero attached hydrogens (tertiary/aromatic N) is 4. The fourth-order valence-corrected chi connectivity index (χ4v) is 2.44. The molecule has 0 bridgehead atoms. The minimum atomic E-state index is -4.33. The van der Waals surface area contributed by atoms with Gasteiger partial charge in [-0.2, -0.15) is 18.3 Å². The topological polar surface area (TPSA) is 34.0 Å². The van der Waals surface area contributed by atoms with Crippen molar-refractivity contribution in [2.45, 2.75) is 19.6 Å². The normalized spacial score (nSPS) is 16.1. The molecular formula is C14H15F3N4. The molecule has 0 spiro atoms. The number of hydrogen-bond donors (Lipinski definition) is 0. The zero-order valence-electron chi connectivity index (χ0n) is 11.5. The molecule has 1 aliphatic rings. The Morgan fingerprint density at radius 1 is 1.24 bits per heavy atom. The average molecular weight is 296 g/mol. The fraction of sp³-hybridized carbons (Fsp3) is 0.429. The van der Waals surface area contributed by atoms with Gasteiger partial charge < -0.3 is 4.90 Å². The van der Waals surface area contributed by atoms with E-state index in [1.54, 1.807) is 0 Å². The second kappa shape index (κ2) is 5.05. The number of halogens is 3. The lowest BCUT2D eigenvalue weighted by molar-refractivity contribution is -0.137. The highest BCUT2D eigenvalue weighted by atomic mass is 19.4. The average Bonchev–Trinajstić information content (AvgIpc) is 2.78. The highest BCUT2D eigenvalue weighted by molar-refractivity contribution is 5.42. The molecule has 1 fully saturated rings. The third-order valence-electron chi connectivity index (χ3n) is 3.56. The molecule has 0 N–H and O–H groups in total. The maximum absolute atomic E-state index is 12.5. The van der Waals surface area contributed by atoms with Crippen LogP contribution in [0.4, 0.5) is 19.0 Å². The molecule has 2 aromatic rings. The lowest BCUT2D eigenvalue weighted by Crippen LogP contribution is -2.49. The molecule has 0 radical (unpaired) electrons. The van der Waals surface area contributed by atoms with Crippen LogP contribution in [0.1, 0.15) is 11.1 Å². The predicted molar refractivity (Wildman–Crippen MR) is 71.9 cm³/mol. The molecule has 0 aromatic carbocycles. The lowest BCUT2D eigenvalue weighted by Gasteiger charge is -2.40. The van der Waals surface area contributed by atoms with Crippen LogP contribution in [-0.4, -0.2) is 27.9 Å². The Hall–Kier alpha value is -2.05. The first kappa shape index (κ1) is 13.9. The van der Waals surface area contributed by atoms with Gasteiger partial charge in [0.15, 0.2) is 0 Å². The minimum absolute atomic E-state index is 0.452. The molecule has 0 unspecified atom stereocenters. The number of hydrogen-bond acceptors (Lipinski definition) is 3. The zero-order valence-corrected chi connectivity index (χ0v) is 11.5. The first-order valence-corrected chi connectivity index (χ1v) is 6.69. The van der Waals surface area contributed by atoms with Gasteiger partial charge in [0.2, 0.25) is 0 Å². The van der Waals surface area contributed by atoms with Crippen LogP contribution in [0.2, 0.25) is 0 Å². The standard InChI is InChI=1S/C14H15F3N4/c1-10-4-19-21(6-10)9-11-7-20(8-11)13-3-2-12(5-18-13)14(15,16)17/h2-6,11H,7-9H2,1H3. The second-order valence-electron chi connectivity index (χ2n) is 5.41. The molecule has 1 aliphatic heterocycles. The molecular weight excluding hydrogens is 281 g/mol. The second-order valence-corrected chi connectivity index (χ2v) is 5.41. The van der Waals surface area contributed by atoms with E-state index in [0.717, 1.165) is 37.5 Å². The highest BCUT2D eigenvalue weighted by Gasteiger charge is 2.32. The summed E-state index contributed by atoms with van der Waals surface area (Å²) in [7, 11) is 0. The summed E-state index contributed by atoms with van der Waals surface area (Å²) in [6, 6.07) is 2.50. The van der Waals surface area contributed by atoms with Crippen molar-refractivity contribution in [2.75, 3.05) is 18.0 Å². The van der Waals surface area contributed by atoms with Crippen molar-refractivity contribution in [1.29, 1.82) is 0 Å². The van der Waals surface area contributed by atoms with Gasteiger partial charge in [-0.15, -0.1) is 0 Å². The minimum Gasteiger partial charge on any atom is -0.356 e. The van der Waals surface area contributed by atoms with Gasteiger partial charge >= 0.3 is 6.18 Å². The summed E-state index contributed by atoms with van der Waals surface area (Å²) in [4.78, 5) is 5.87. The Morgan fingerprint density at radius 3 is 2.52 bits per heavy atom. The van der Waals surface area contributed by atoms with Crippen LogP contribution in [-0.2, 0) is 12.7 Å². The molecule has 0 atom stereocenters. The SMILES string of the molecule is Cc1cnn(CC2CN(c3ccc(C(F)(F)F)cn3)C2)c1. The van der Waals surface area contributed by atoms with E-state index < -0.39 is 11.7 Å². The summed E-state index contributed by atoms with van der Waals surface area (Å²) in [6.07, 6.45) is 0.355. The van der Waals surface area contributed by atoms with E-state index in [0.29, 0.717) is 11.7 Å². The van der Waals surface area contributed by atoms with E-state index in [-0.39, 0.29) is 0 Å². The van der Waals surface area contributed by atoms with Gasteiger partial charge in [-0.3, -0.25) is 4.68 Å². The summed E-state index contributed by atoms with van der Waals surface area (Å²) in [6.45, 7) is 4.39. The molecule has 7 heteroatoms. The van der Waals surface area contributed by atoms with Gasteiger partial charge in [-0.05, 0) is 24.6 Å². The van der Waals surface area contributed by atoms with Gasteiger partial charge in [0, 0.05) is 37.9 Å². The van der Waals surface area contributed by atoms with E-state index in [4.69, 9.17) is 0 Å². The van der Waals surface area contributed by atoms with E-state index in [1.807, 2.05) is 28.9 Å². The Bertz CT molecular complexity index is 612. The van der Waals surface area contributed by atoms with E-state index in [9.17, 15) is 13.2 Å². The van der Waals surface area contributed by atoms with Gasteiger partial charge in [0.25, 0.3) is 0 Å². The molecule has 112 valence electrons. The maximum atomic E-state index is 12.5. The molecule has 3 heterocycles. The monoisotopic (exact) mass is 296 g/mol. The van der Waals surface area contributed by atoms with Crippen molar-refractivity contribution in [3.05, 3.63) is 41.9 Å². The van der Waals surface area contributed by atoms with Crippen molar-refractivity contribution in [1.82, 2.24) is 14.8 Å². The Balaban J connectivity index is 1.56. The number of aromatic nitrogens is 3. The van der Waals surface area contributed by atoms with Gasteiger partial charge in [0.1, 0.15) is 5.82 Å². The summed E-state index contributed by atoms with van der Waals surface area (Å²) < 4.78 is 39.3. The Labute approximate surface area is 120 Å². The number of anilines is 1. The number of aryl methyl sites for hydroxylation is 1. The fourth-order valence-electron chi connectivity index (χ4n) is 2.44. The van der Waals surface area contributed by atoms with E-state index >= 15 is 0 Å². The third-order valence-corrected chi connectivity index (χ3v) is 3.56. The van der Waals surface area contributed by atoms with Crippen LogP contribution >= 0.6 is 0 Å². The molecule has 0 amide bonds. The summed E-state index contributed by atoms with van der Waals surface area (Å²) in [5.74, 6) is 1.05. The number of pyridine rings is 1. The lowest BCUT2D eigenvalue weighted by atomic mass is 10.0. The van der Waals surface area contributed by atoms with Crippen molar-refractivity contribution >= 4 is 5.82 Å². The zero-order chi connectivity index (χ0) is 15.0. The Morgan fingerprint density at radius 2 is 2.00 bits per heavy atom. The first-order valence-electron chi connectivity index (χ1n) is 6.69. The summed E-state index contributed by atoms with van der Waals surface area (Å²) >= 11 is 0. The quantitative estimate of drug-likeness (QED) is 0.873. The molecule has 21 heavy (non-hydrogen) atoms. The van der Waals surface area contributed by atoms with Crippen molar-refractivity contribution < 1.29 is 13.2 Å². The van der Waals surface area contributed by atoms with Gasteiger partial charge in [0.05, 0.1) is 11.8 Å². The molecule has 3 rings (SSSR count). The number of rotatable bonds is 3. The van der Waals surface area contributed by atoms with Crippen LogP contribution in [0.15, 0.2) is 30.7 Å². The van der Waals surface area contributed by atoms with E-state index in [1.165, 1.54) is 6.07 Å². The highest BCUT2D eigenvalue weighted by Crippen LogP contribution is 2.30. The largest absolute Gasteiger partial charge is 0.417 e. The van der Waals surface area contributed by atoms with Crippen LogP contribution in [0, 0.1) is 12.8 Å². The molecule has 2 aromatic heterocycles. The van der Waals surface area contributed by atoms with Crippen LogP contribution in [0.5, 0.6) is 0 Å². The molecule has 0 aliphatic carbocycles. The van der Waals surface area contributed by atoms with Crippen LogP contribution in [0.3, 0.4) is 0 Å². The smallest absolute Gasteiger partial charge is 0.356 e. The van der Waals surface area contributed by atoms with Crippen molar-refractivity contribution in [3.63, 3.8) is 0 Å². The van der Waals surface area contributed by atoms with Crippen LogP contribution in [0.25, 0.3) is 0 Å². The van der Waals surface area contributed by atoms with Crippen molar-refractivity contribution in [2.24, 2.45) is 5.92 Å².